The van der Waals surface area contributed by atoms with Gasteiger partial charge in [-0.15, -0.1) is 0 Å². The molecule has 1 rings (SSSR count). The van der Waals surface area contributed by atoms with Crippen molar-refractivity contribution in [3.05, 3.63) is 41.5 Å². The number of hydrogen-bond acceptors (Lipinski definition) is 4. The summed E-state index contributed by atoms with van der Waals surface area (Å²) in [4.78, 5) is 11.1. The Kier molecular flexibility index (Phi) is 5.94. The summed E-state index contributed by atoms with van der Waals surface area (Å²) in [5.41, 5.74) is 1.60. The minimum atomic E-state index is -0.331. The van der Waals surface area contributed by atoms with Crippen LogP contribution in [0.15, 0.2) is 35.9 Å². The quantitative estimate of drug-likeness (QED) is 0.441. The summed E-state index contributed by atoms with van der Waals surface area (Å²) < 4.78 is 15.1. The summed E-state index contributed by atoms with van der Waals surface area (Å²) in [5.74, 6) is 0.489. The van der Waals surface area contributed by atoms with E-state index in [2.05, 4.69) is 4.74 Å². The molecule has 0 aliphatic carbocycles. The highest BCUT2D eigenvalue weighted by molar-refractivity contribution is 5.87. The van der Waals surface area contributed by atoms with Crippen molar-refractivity contribution in [2.75, 3.05) is 20.8 Å². The molecule has 0 aromatic heterocycles. The summed E-state index contributed by atoms with van der Waals surface area (Å²) in [6.07, 6.45) is 1.70. The van der Waals surface area contributed by atoms with Gasteiger partial charge in [0.2, 0.25) is 0 Å². The van der Waals surface area contributed by atoms with Gasteiger partial charge < -0.3 is 14.2 Å². The molecule has 0 radical (unpaired) electrons. The maximum absolute atomic E-state index is 11.1. The number of rotatable bonds is 6. The Balaban J connectivity index is 2.35. The maximum Gasteiger partial charge on any atom is 0.333 e. The molecular formula is C14H18O4. The minimum Gasteiger partial charge on any atom is -0.497 e. The van der Waals surface area contributed by atoms with Gasteiger partial charge in [-0.25, -0.2) is 4.79 Å². The first-order chi connectivity index (χ1) is 8.67. The second-order valence-electron chi connectivity index (χ2n) is 3.74. The molecule has 0 aliphatic rings. The van der Waals surface area contributed by atoms with E-state index in [0.29, 0.717) is 18.8 Å². The molecule has 0 spiro atoms. The lowest BCUT2D eigenvalue weighted by Gasteiger charge is -2.04. The molecule has 0 aliphatic heterocycles. The van der Waals surface area contributed by atoms with Crippen molar-refractivity contribution in [2.45, 2.75) is 13.5 Å². The van der Waals surface area contributed by atoms with Gasteiger partial charge in [-0.1, -0.05) is 12.1 Å². The highest BCUT2D eigenvalue weighted by atomic mass is 16.5. The topological polar surface area (TPSA) is 44.8 Å². The van der Waals surface area contributed by atoms with Gasteiger partial charge in [0.1, 0.15) is 5.75 Å². The van der Waals surface area contributed by atoms with E-state index in [1.807, 2.05) is 24.3 Å². The van der Waals surface area contributed by atoms with Gasteiger partial charge in [-0.3, -0.25) is 0 Å². The first kappa shape index (κ1) is 14.3. The lowest BCUT2D eigenvalue weighted by Crippen LogP contribution is -2.03. The number of benzene rings is 1. The van der Waals surface area contributed by atoms with Gasteiger partial charge in [0.15, 0.2) is 0 Å². The third kappa shape index (κ3) is 4.59. The SMILES string of the molecule is COC(=O)C(C)=CCOCc1ccc(OC)cc1. The van der Waals surface area contributed by atoms with Crippen molar-refractivity contribution < 1.29 is 19.0 Å². The Morgan fingerprint density at radius 1 is 1.22 bits per heavy atom. The van der Waals surface area contributed by atoms with Crippen LogP contribution in [-0.4, -0.2) is 26.8 Å². The molecule has 0 heterocycles. The van der Waals surface area contributed by atoms with Gasteiger partial charge >= 0.3 is 5.97 Å². The molecule has 0 bridgehead atoms. The van der Waals surface area contributed by atoms with Crippen LogP contribution < -0.4 is 4.74 Å². The Morgan fingerprint density at radius 2 is 1.89 bits per heavy atom. The molecule has 0 unspecified atom stereocenters. The van der Waals surface area contributed by atoms with E-state index >= 15 is 0 Å². The third-order valence-electron chi connectivity index (χ3n) is 2.44. The second-order valence-corrected chi connectivity index (χ2v) is 3.74. The number of carbonyl (C=O) groups is 1. The van der Waals surface area contributed by atoms with Crippen LogP contribution in [0.3, 0.4) is 0 Å². The maximum atomic E-state index is 11.1. The van der Waals surface area contributed by atoms with E-state index < -0.39 is 0 Å². The average molecular weight is 250 g/mol. The predicted molar refractivity (Wildman–Crippen MR) is 68.4 cm³/mol. The van der Waals surface area contributed by atoms with Crippen LogP contribution in [0.5, 0.6) is 5.75 Å². The fourth-order valence-corrected chi connectivity index (χ4v) is 1.33. The van der Waals surface area contributed by atoms with Gasteiger partial charge in [0.25, 0.3) is 0 Å². The van der Waals surface area contributed by atoms with Gasteiger partial charge in [0, 0.05) is 5.57 Å². The highest BCUT2D eigenvalue weighted by Crippen LogP contribution is 2.11. The summed E-state index contributed by atoms with van der Waals surface area (Å²) in [6, 6.07) is 7.65. The summed E-state index contributed by atoms with van der Waals surface area (Å²) in [5, 5.41) is 0. The van der Waals surface area contributed by atoms with Crippen LogP contribution >= 0.6 is 0 Å². The van der Waals surface area contributed by atoms with Gasteiger partial charge in [-0.05, 0) is 30.7 Å². The highest BCUT2D eigenvalue weighted by Gasteiger charge is 2.01. The molecule has 4 nitrogen and oxygen atoms in total. The van der Waals surface area contributed by atoms with Gasteiger partial charge in [0.05, 0.1) is 27.4 Å². The zero-order chi connectivity index (χ0) is 13.4. The fourth-order valence-electron chi connectivity index (χ4n) is 1.33. The lowest BCUT2D eigenvalue weighted by atomic mass is 10.2. The summed E-state index contributed by atoms with van der Waals surface area (Å²) >= 11 is 0. The molecule has 0 N–H and O–H groups in total. The smallest absolute Gasteiger partial charge is 0.333 e. The van der Waals surface area contributed by atoms with E-state index in [0.717, 1.165) is 11.3 Å². The van der Waals surface area contributed by atoms with E-state index in [-0.39, 0.29) is 5.97 Å². The number of methoxy groups -OCH3 is 2. The number of carbonyl (C=O) groups excluding carboxylic acids is 1. The molecule has 0 amide bonds. The monoisotopic (exact) mass is 250 g/mol. The van der Waals surface area contributed by atoms with Crippen molar-refractivity contribution >= 4 is 5.97 Å². The van der Waals surface area contributed by atoms with E-state index in [1.165, 1.54) is 7.11 Å². The third-order valence-corrected chi connectivity index (χ3v) is 2.44. The molecule has 0 saturated carbocycles. The molecular weight excluding hydrogens is 232 g/mol. The van der Waals surface area contributed by atoms with Crippen molar-refractivity contribution in [3.8, 4) is 5.75 Å². The van der Waals surface area contributed by atoms with Crippen molar-refractivity contribution in [1.29, 1.82) is 0 Å². The normalized spacial score (nSPS) is 11.2. The largest absolute Gasteiger partial charge is 0.497 e. The summed E-state index contributed by atoms with van der Waals surface area (Å²) in [7, 11) is 2.99. The van der Waals surface area contributed by atoms with Crippen LogP contribution in [-0.2, 0) is 20.9 Å². The standard InChI is InChI=1S/C14H18O4/c1-11(14(15)17-3)8-9-18-10-12-4-6-13(16-2)7-5-12/h4-8H,9-10H2,1-3H3. The van der Waals surface area contributed by atoms with Crippen molar-refractivity contribution in [3.63, 3.8) is 0 Å². The second kappa shape index (κ2) is 7.50. The molecule has 0 atom stereocenters. The number of esters is 1. The zero-order valence-electron chi connectivity index (χ0n) is 10.9. The first-order valence-electron chi connectivity index (χ1n) is 5.63. The lowest BCUT2D eigenvalue weighted by molar-refractivity contribution is -0.136. The zero-order valence-corrected chi connectivity index (χ0v) is 10.9. The van der Waals surface area contributed by atoms with Gasteiger partial charge in [-0.2, -0.15) is 0 Å². The van der Waals surface area contributed by atoms with Crippen molar-refractivity contribution in [2.24, 2.45) is 0 Å². The Bertz CT molecular complexity index is 406. The average Bonchev–Trinajstić information content (AvgIpc) is 2.43. The molecule has 1 aromatic rings. The Labute approximate surface area is 107 Å². The minimum absolute atomic E-state index is 0.331. The Morgan fingerprint density at radius 3 is 2.44 bits per heavy atom. The molecule has 98 valence electrons. The molecule has 0 saturated heterocycles. The molecule has 4 heteroatoms. The van der Waals surface area contributed by atoms with Crippen LogP contribution in [0, 0.1) is 0 Å². The molecule has 0 fully saturated rings. The van der Waals surface area contributed by atoms with Crippen LogP contribution in [0.1, 0.15) is 12.5 Å². The molecule has 18 heavy (non-hydrogen) atoms. The van der Waals surface area contributed by atoms with Crippen molar-refractivity contribution in [1.82, 2.24) is 0 Å². The fraction of sp³-hybridized carbons (Fsp3) is 0.357. The van der Waals surface area contributed by atoms with E-state index in [4.69, 9.17) is 9.47 Å². The first-order valence-corrected chi connectivity index (χ1v) is 5.63. The van der Waals surface area contributed by atoms with E-state index in [9.17, 15) is 4.79 Å². The number of ether oxygens (including phenoxy) is 3. The Hall–Kier alpha value is -1.81. The predicted octanol–water partition coefficient (Wildman–Crippen LogP) is 2.33. The van der Waals surface area contributed by atoms with Crippen LogP contribution in [0.4, 0.5) is 0 Å². The van der Waals surface area contributed by atoms with Crippen LogP contribution in [0.2, 0.25) is 0 Å². The summed E-state index contributed by atoms with van der Waals surface area (Å²) in [6.45, 7) is 2.57. The van der Waals surface area contributed by atoms with Crippen LogP contribution in [0.25, 0.3) is 0 Å². The number of hydrogen-bond donors (Lipinski definition) is 0. The molecule has 1 aromatic carbocycles. The van der Waals surface area contributed by atoms with E-state index in [1.54, 1.807) is 20.1 Å².